The van der Waals surface area contributed by atoms with Gasteiger partial charge in [-0.3, -0.25) is 4.79 Å². The van der Waals surface area contributed by atoms with E-state index in [0.717, 1.165) is 22.3 Å². The van der Waals surface area contributed by atoms with Gasteiger partial charge in [-0.2, -0.15) is 5.10 Å². The third-order valence-electron chi connectivity index (χ3n) is 4.53. The highest BCUT2D eigenvalue weighted by Crippen LogP contribution is 2.21. The fraction of sp³-hybridized carbons (Fsp3) is 0.381. The number of pyridine rings is 1. The molecule has 0 fully saturated rings. The van der Waals surface area contributed by atoms with E-state index in [1.165, 1.54) is 0 Å². The average molecular weight is 366 g/mol. The third kappa shape index (κ3) is 3.94. The van der Waals surface area contributed by atoms with Gasteiger partial charge in [0.25, 0.3) is 5.91 Å². The van der Waals surface area contributed by atoms with Crippen LogP contribution in [0.1, 0.15) is 61.4 Å². The maximum atomic E-state index is 12.8. The Labute approximate surface area is 159 Å². The van der Waals surface area contributed by atoms with Gasteiger partial charge in [0.2, 0.25) is 0 Å². The summed E-state index contributed by atoms with van der Waals surface area (Å²) in [5.74, 6) is 0.688. The number of fused-ring (bicyclic) bond motifs is 1. The second-order valence-electron chi connectivity index (χ2n) is 6.91. The van der Waals surface area contributed by atoms with E-state index >= 15 is 0 Å². The molecule has 6 heteroatoms. The van der Waals surface area contributed by atoms with Crippen LogP contribution in [0.25, 0.3) is 11.0 Å². The summed E-state index contributed by atoms with van der Waals surface area (Å²) in [5, 5.41) is 8.30. The highest BCUT2D eigenvalue weighted by Gasteiger charge is 2.17. The third-order valence-corrected chi connectivity index (χ3v) is 4.53. The zero-order chi connectivity index (χ0) is 19.6. The average Bonchev–Trinajstić information content (AvgIpc) is 3.04. The van der Waals surface area contributed by atoms with Crippen LogP contribution >= 0.6 is 0 Å². The summed E-state index contributed by atoms with van der Waals surface area (Å²) in [4.78, 5) is 17.4. The minimum absolute atomic E-state index is 0.123. The molecular formula is C21H26N4O2. The topological polar surface area (TPSA) is 69.0 Å². The van der Waals surface area contributed by atoms with Crippen LogP contribution in [0.5, 0.6) is 5.75 Å². The molecule has 2 heterocycles. The number of hydrogen-bond donors (Lipinski definition) is 1. The van der Waals surface area contributed by atoms with Crippen molar-refractivity contribution in [2.24, 2.45) is 0 Å². The number of amides is 1. The number of ether oxygens (including phenoxy) is 1. The number of aromatic nitrogens is 3. The molecule has 0 aliphatic carbocycles. The lowest BCUT2D eigenvalue weighted by atomic mass is 10.1. The first-order valence-electron chi connectivity index (χ1n) is 9.29. The molecule has 3 aromatic rings. The maximum absolute atomic E-state index is 12.8. The Morgan fingerprint density at radius 3 is 2.56 bits per heavy atom. The minimum Gasteiger partial charge on any atom is -0.494 e. The molecule has 1 amide bonds. The van der Waals surface area contributed by atoms with Crippen molar-refractivity contribution in [3.05, 3.63) is 53.3 Å². The van der Waals surface area contributed by atoms with Gasteiger partial charge in [0.15, 0.2) is 5.65 Å². The molecular weight excluding hydrogens is 340 g/mol. The highest BCUT2D eigenvalue weighted by molar-refractivity contribution is 5.98. The quantitative estimate of drug-likeness (QED) is 0.709. The molecule has 0 bridgehead atoms. The number of rotatable bonds is 6. The number of carbonyl (C=O) groups excluding carboxylic acids is 1. The van der Waals surface area contributed by atoms with Crippen LogP contribution in [0, 0.1) is 6.92 Å². The molecule has 3 rings (SSSR count). The van der Waals surface area contributed by atoms with E-state index < -0.39 is 0 Å². The summed E-state index contributed by atoms with van der Waals surface area (Å²) in [6, 6.07) is 9.73. The van der Waals surface area contributed by atoms with Crippen LogP contribution in [0.3, 0.4) is 0 Å². The van der Waals surface area contributed by atoms with E-state index in [0.29, 0.717) is 17.9 Å². The smallest absolute Gasteiger partial charge is 0.253 e. The van der Waals surface area contributed by atoms with E-state index in [-0.39, 0.29) is 18.0 Å². The molecule has 0 aliphatic heterocycles. The number of aryl methyl sites for hydroxylation is 1. The molecule has 142 valence electrons. The first-order chi connectivity index (χ1) is 12.9. The first-order valence-corrected chi connectivity index (χ1v) is 9.29. The maximum Gasteiger partial charge on any atom is 0.253 e. The van der Waals surface area contributed by atoms with Gasteiger partial charge in [-0.15, -0.1) is 0 Å². The molecule has 0 saturated carbocycles. The summed E-state index contributed by atoms with van der Waals surface area (Å²) in [5.41, 5.74) is 3.09. The SMILES string of the molecule is CCOc1ccc(C(C)NC(=O)c2cc3cnn(C(C)C)c3nc2C)cc1. The van der Waals surface area contributed by atoms with Crippen molar-refractivity contribution in [1.29, 1.82) is 0 Å². The lowest BCUT2D eigenvalue weighted by Gasteiger charge is -2.16. The van der Waals surface area contributed by atoms with E-state index in [1.807, 2.05) is 55.8 Å². The van der Waals surface area contributed by atoms with Crippen LogP contribution in [0.15, 0.2) is 36.5 Å². The molecule has 1 aromatic carbocycles. The van der Waals surface area contributed by atoms with E-state index in [2.05, 4.69) is 29.2 Å². The van der Waals surface area contributed by atoms with Gasteiger partial charge in [-0.05, 0) is 58.4 Å². The van der Waals surface area contributed by atoms with Gasteiger partial charge in [0.05, 0.1) is 30.1 Å². The molecule has 0 aliphatic rings. The Balaban J connectivity index is 1.80. The second-order valence-corrected chi connectivity index (χ2v) is 6.91. The molecule has 27 heavy (non-hydrogen) atoms. The minimum atomic E-state index is -0.138. The van der Waals surface area contributed by atoms with Gasteiger partial charge in [0, 0.05) is 11.4 Å². The molecule has 0 saturated heterocycles. The zero-order valence-corrected chi connectivity index (χ0v) is 16.5. The Morgan fingerprint density at radius 2 is 1.93 bits per heavy atom. The van der Waals surface area contributed by atoms with Gasteiger partial charge >= 0.3 is 0 Å². The number of nitrogens with zero attached hydrogens (tertiary/aromatic N) is 3. The molecule has 2 aromatic heterocycles. The van der Waals surface area contributed by atoms with Crippen molar-refractivity contribution in [2.75, 3.05) is 6.61 Å². The number of nitrogens with one attached hydrogen (secondary N) is 1. The Bertz CT molecular complexity index is 945. The van der Waals surface area contributed by atoms with E-state index in [9.17, 15) is 4.79 Å². The normalized spacial score (nSPS) is 12.4. The summed E-state index contributed by atoms with van der Waals surface area (Å²) in [7, 11) is 0. The second kappa shape index (κ2) is 7.78. The van der Waals surface area contributed by atoms with Gasteiger partial charge in [-0.25, -0.2) is 9.67 Å². The Morgan fingerprint density at radius 1 is 1.22 bits per heavy atom. The molecule has 0 radical (unpaired) electrons. The number of benzene rings is 1. The van der Waals surface area contributed by atoms with Gasteiger partial charge < -0.3 is 10.1 Å². The van der Waals surface area contributed by atoms with Gasteiger partial charge in [-0.1, -0.05) is 12.1 Å². The zero-order valence-electron chi connectivity index (χ0n) is 16.5. The van der Waals surface area contributed by atoms with Crippen LogP contribution in [-0.2, 0) is 0 Å². The summed E-state index contributed by atoms with van der Waals surface area (Å²) < 4.78 is 7.33. The van der Waals surface area contributed by atoms with E-state index in [4.69, 9.17) is 4.74 Å². The Kier molecular flexibility index (Phi) is 5.44. The predicted octanol–water partition coefficient (Wildman–Crippen LogP) is 4.21. The standard InChI is InChI=1S/C21H26N4O2/c1-6-27-18-9-7-16(8-10-18)14(4)24-21(26)19-11-17-12-22-25(13(2)3)20(17)23-15(19)5/h7-14H,6H2,1-5H3,(H,24,26). The van der Waals surface area contributed by atoms with E-state index in [1.54, 1.807) is 6.20 Å². The fourth-order valence-electron chi connectivity index (χ4n) is 3.05. The number of hydrogen-bond acceptors (Lipinski definition) is 4. The van der Waals surface area contributed by atoms with Crippen LogP contribution < -0.4 is 10.1 Å². The summed E-state index contributed by atoms with van der Waals surface area (Å²) in [6.45, 7) is 10.5. The highest BCUT2D eigenvalue weighted by atomic mass is 16.5. The van der Waals surface area contributed by atoms with Crippen molar-refractivity contribution in [3.63, 3.8) is 0 Å². The first kappa shape index (κ1) is 18.9. The molecule has 0 spiro atoms. The van der Waals surface area contributed by atoms with Crippen molar-refractivity contribution >= 4 is 16.9 Å². The summed E-state index contributed by atoms with van der Waals surface area (Å²) >= 11 is 0. The lowest BCUT2D eigenvalue weighted by Crippen LogP contribution is -2.27. The molecule has 1 atom stereocenters. The monoisotopic (exact) mass is 366 g/mol. The lowest BCUT2D eigenvalue weighted by molar-refractivity contribution is 0.0939. The summed E-state index contributed by atoms with van der Waals surface area (Å²) in [6.07, 6.45) is 1.76. The largest absolute Gasteiger partial charge is 0.494 e. The number of carbonyl (C=O) groups is 1. The van der Waals surface area contributed by atoms with Crippen molar-refractivity contribution in [2.45, 2.75) is 46.7 Å². The van der Waals surface area contributed by atoms with Crippen molar-refractivity contribution in [3.8, 4) is 5.75 Å². The van der Waals surface area contributed by atoms with Crippen molar-refractivity contribution in [1.82, 2.24) is 20.1 Å². The molecule has 6 nitrogen and oxygen atoms in total. The van der Waals surface area contributed by atoms with Gasteiger partial charge in [0.1, 0.15) is 5.75 Å². The molecule has 1 N–H and O–H groups in total. The van der Waals surface area contributed by atoms with Crippen LogP contribution in [0.4, 0.5) is 0 Å². The predicted molar refractivity (Wildman–Crippen MR) is 106 cm³/mol. The van der Waals surface area contributed by atoms with Crippen LogP contribution in [-0.4, -0.2) is 27.3 Å². The molecule has 1 unspecified atom stereocenters. The van der Waals surface area contributed by atoms with Crippen molar-refractivity contribution < 1.29 is 9.53 Å². The van der Waals surface area contributed by atoms with Crippen LogP contribution in [0.2, 0.25) is 0 Å². The fourth-order valence-corrected chi connectivity index (χ4v) is 3.05. The Hall–Kier alpha value is -2.89.